The van der Waals surface area contributed by atoms with Crippen molar-refractivity contribution in [1.82, 2.24) is 15.0 Å². The zero-order valence-electron chi connectivity index (χ0n) is 6.01. The van der Waals surface area contributed by atoms with E-state index >= 15 is 0 Å². The fourth-order valence-electron chi connectivity index (χ4n) is 1.07. The van der Waals surface area contributed by atoms with Gasteiger partial charge in [0.25, 0.3) is 5.56 Å². The van der Waals surface area contributed by atoms with Crippen molar-refractivity contribution in [3.8, 4) is 0 Å². The molecule has 0 atom stereocenters. The molecule has 2 N–H and O–H groups in total. The molecule has 4 heteroatoms. The number of nitrogens with one attached hydrogen (secondary N) is 2. The average Bonchev–Trinajstić information content (AvgIpc) is 2.34. The van der Waals surface area contributed by atoms with Crippen LogP contribution in [-0.2, 0) is 0 Å². The van der Waals surface area contributed by atoms with Crippen LogP contribution in [0.15, 0.2) is 17.2 Å². The number of aromatic amines is 2. The van der Waals surface area contributed by atoms with E-state index < -0.39 is 0 Å². The van der Waals surface area contributed by atoms with Crippen molar-refractivity contribution in [3.05, 3.63) is 28.6 Å². The van der Waals surface area contributed by atoms with E-state index in [2.05, 4.69) is 15.0 Å². The van der Waals surface area contributed by atoms with Crippen molar-refractivity contribution in [2.75, 3.05) is 0 Å². The van der Waals surface area contributed by atoms with Crippen LogP contribution in [0.4, 0.5) is 0 Å². The van der Waals surface area contributed by atoms with Crippen LogP contribution in [-0.4, -0.2) is 15.0 Å². The zero-order valence-corrected chi connectivity index (χ0v) is 6.01. The smallest absolute Gasteiger partial charge is 0.260 e. The standard InChI is InChI=1S/C7H7N3O/c1-4-9-6-3-8-2-5(6)7(11)10-4/h2-3,8H,1H3,(H,9,10,11). The number of aromatic nitrogens is 3. The third-order valence-corrected chi connectivity index (χ3v) is 1.55. The topological polar surface area (TPSA) is 61.5 Å². The minimum Gasteiger partial charge on any atom is -0.365 e. The molecule has 0 bridgehead atoms. The van der Waals surface area contributed by atoms with Crippen LogP contribution in [0.5, 0.6) is 0 Å². The molecule has 2 aromatic rings. The van der Waals surface area contributed by atoms with E-state index in [4.69, 9.17) is 0 Å². The second-order valence-corrected chi connectivity index (χ2v) is 2.41. The van der Waals surface area contributed by atoms with Gasteiger partial charge in [-0.1, -0.05) is 0 Å². The summed E-state index contributed by atoms with van der Waals surface area (Å²) in [5.74, 6) is 0.641. The summed E-state index contributed by atoms with van der Waals surface area (Å²) < 4.78 is 0. The summed E-state index contributed by atoms with van der Waals surface area (Å²) in [6, 6.07) is 0. The first-order valence-electron chi connectivity index (χ1n) is 3.31. The molecule has 2 rings (SSSR count). The summed E-state index contributed by atoms with van der Waals surface area (Å²) >= 11 is 0. The summed E-state index contributed by atoms with van der Waals surface area (Å²) in [7, 11) is 0. The molecule has 0 spiro atoms. The monoisotopic (exact) mass is 149 g/mol. The Morgan fingerprint density at radius 1 is 1.45 bits per heavy atom. The Morgan fingerprint density at radius 2 is 2.27 bits per heavy atom. The Labute approximate surface area is 62.3 Å². The van der Waals surface area contributed by atoms with Crippen molar-refractivity contribution in [3.63, 3.8) is 0 Å². The predicted molar refractivity (Wildman–Crippen MR) is 41.5 cm³/mol. The van der Waals surface area contributed by atoms with Gasteiger partial charge in [0.05, 0.1) is 10.9 Å². The van der Waals surface area contributed by atoms with E-state index in [1.165, 1.54) is 0 Å². The van der Waals surface area contributed by atoms with Crippen LogP contribution in [0.3, 0.4) is 0 Å². The Hall–Kier alpha value is -1.58. The van der Waals surface area contributed by atoms with Crippen molar-refractivity contribution < 1.29 is 0 Å². The number of fused-ring (bicyclic) bond motifs is 1. The van der Waals surface area contributed by atoms with Crippen molar-refractivity contribution in [1.29, 1.82) is 0 Å². The molecule has 0 aliphatic heterocycles. The van der Waals surface area contributed by atoms with Crippen LogP contribution < -0.4 is 5.56 Å². The zero-order chi connectivity index (χ0) is 7.84. The quantitative estimate of drug-likeness (QED) is 0.574. The summed E-state index contributed by atoms with van der Waals surface area (Å²) in [4.78, 5) is 20.7. The van der Waals surface area contributed by atoms with Gasteiger partial charge in [-0.25, -0.2) is 4.98 Å². The summed E-state index contributed by atoms with van der Waals surface area (Å²) in [6.07, 6.45) is 3.35. The van der Waals surface area contributed by atoms with E-state index in [-0.39, 0.29) is 5.56 Å². The van der Waals surface area contributed by atoms with E-state index in [1.807, 2.05) is 0 Å². The van der Waals surface area contributed by atoms with Crippen molar-refractivity contribution in [2.24, 2.45) is 0 Å². The highest BCUT2D eigenvalue weighted by Gasteiger charge is 1.99. The molecule has 0 saturated heterocycles. The third-order valence-electron chi connectivity index (χ3n) is 1.55. The molecule has 2 aromatic heterocycles. The fraction of sp³-hybridized carbons (Fsp3) is 0.143. The Bertz CT molecular complexity index is 440. The number of hydrogen-bond donors (Lipinski definition) is 2. The molecule has 0 aliphatic carbocycles. The van der Waals surface area contributed by atoms with Gasteiger partial charge in [0.15, 0.2) is 0 Å². The summed E-state index contributed by atoms with van der Waals surface area (Å²) in [5, 5.41) is 0.607. The molecular weight excluding hydrogens is 142 g/mol. The lowest BCUT2D eigenvalue weighted by Gasteiger charge is -1.90. The van der Waals surface area contributed by atoms with E-state index in [1.54, 1.807) is 19.3 Å². The number of aryl methyl sites for hydroxylation is 1. The van der Waals surface area contributed by atoms with Crippen LogP contribution in [0.25, 0.3) is 10.9 Å². The molecule has 0 amide bonds. The number of hydrogen-bond acceptors (Lipinski definition) is 2. The largest absolute Gasteiger partial charge is 0.365 e. The second kappa shape index (κ2) is 1.95. The van der Waals surface area contributed by atoms with Gasteiger partial charge in [-0.2, -0.15) is 0 Å². The van der Waals surface area contributed by atoms with Crippen LogP contribution in [0, 0.1) is 6.92 Å². The lowest BCUT2D eigenvalue weighted by atomic mass is 10.4. The lowest BCUT2D eigenvalue weighted by Crippen LogP contribution is -2.07. The van der Waals surface area contributed by atoms with Crippen molar-refractivity contribution in [2.45, 2.75) is 6.92 Å². The Kier molecular flexibility index (Phi) is 1.09. The normalized spacial score (nSPS) is 10.6. The van der Waals surface area contributed by atoms with Gasteiger partial charge in [-0.3, -0.25) is 4.79 Å². The summed E-state index contributed by atoms with van der Waals surface area (Å²) in [6.45, 7) is 1.76. The Morgan fingerprint density at radius 3 is 3.09 bits per heavy atom. The first-order valence-corrected chi connectivity index (χ1v) is 3.31. The molecule has 0 unspecified atom stereocenters. The maximum Gasteiger partial charge on any atom is 0.260 e. The molecular formula is C7H7N3O. The van der Waals surface area contributed by atoms with Gasteiger partial charge in [-0.15, -0.1) is 0 Å². The maximum absolute atomic E-state index is 11.1. The van der Waals surface area contributed by atoms with E-state index in [0.29, 0.717) is 16.7 Å². The molecule has 4 nitrogen and oxygen atoms in total. The molecule has 56 valence electrons. The van der Waals surface area contributed by atoms with Crippen LogP contribution in [0.1, 0.15) is 5.82 Å². The minimum absolute atomic E-state index is 0.0891. The van der Waals surface area contributed by atoms with Gasteiger partial charge in [-0.05, 0) is 6.92 Å². The van der Waals surface area contributed by atoms with E-state index in [9.17, 15) is 4.79 Å². The van der Waals surface area contributed by atoms with Gasteiger partial charge in [0.2, 0.25) is 0 Å². The highest BCUT2D eigenvalue weighted by molar-refractivity contribution is 5.76. The Balaban J connectivity index is 3.02. The SMILES string of the molecule is Cc1nc2c[nH]cc2c(=O)[nH]1. The molecule has 0 aliphatic rings. The molecule has 0 saturated carbocycles. The second-order valence-electron chi connectivity index (χ2n) is 2.41. The highest BCUT2D eigenvalue weighted by atomic mass is 16.1. The molecule has 2 heterocycles. The first-order chi connectivity index (χ1) is 5.27. The molecule has 11 heavy (non-hydrogen) atoms. The van der Waals surface area contributed by atoms with Crippen LogP contribution >= 0.6 is 0 Å². The highest BCUT2D eigenvalue weighted by Crippen LogP contribution is 2.02. The average molecular weight is 149 g/mol. The minimum atomic E-state index is -0.0891. The van der Waals surface area contributed by atoms with Crippen LogP contribution in [0.2, 0.25) is 0 Å². The fourth-order valence-corrected chi connectivity index (χ4v) is 1.07. The molecule has 0 radical (unpaired) electrons. The van der Waals surface area contributed by atoms with Crippen molar-refractivity contribution >= 4 is 10.9 Å². The third kappa shape index (κ3) is 0.832. The summed E-state index contributed by atoms with van der Waals surface area (Å²) in [5.41, 5.74) is 0.625. The van der Waals surface area contributed by atoms with Gasteiger partial charge in [0, 0.05) is 12.4 Å². The maximum atomic E-state index is 11.1. The molecule has 0 aromatic carbocycles. The number of rotatable bonds is 0. The first kappa shape index (κ1) is 6.15. The number of H-pyrrole nitrogens is 2. The lowest BCUT2D eigenvalue weighted by molar-refractivity contribution is 1.06. The van der Waals surface area contributed by atoms with Gasteiger partial charge >= 0.3 is 0 Å². The van der Waals surface area contributed by atoms with E-state index in [0.717, 1.165) is 0 Å². The van der Waals surface area contributed by atoms with Gasteiger partial charge in [0.1, 0.15) is 5.82 Å². The number of nitrogens with zero attached hydrogens (tertiary/aromatic N) is 1. The predicted octanol–water partition coefficient (Wildman–Crippen LogP) is 0.560. The van der Waals surface area contributed by atoms with Gasteiger partial charge < -0.3 is 9.97 Å². The molecule has 0 fully saturated rings.